The molecule has 3 atom stereocenters. The SMILES string of the molecule is C=CCC1c2ccccc2N2c3cnc(-c4ccccc4C)nc3N(C)C2C1C. The van der Waals surface area contributed by atoms with Gasteiger partial charge >= 0.3 is 0 Å². The Labute approximate surface area is 172 Å². The number of rotatable bonds is 3. The molecule has 4 nitrogen and oxygen atoms in total. The Bertz CT molecular complexity index is 1090. The lowest BCUT2D eigenvalue weighted by Gasteiger charge is -2.44. The Balaban J connectivity index is 1.66. The Morgan fingerprint density at radius 1 is 1.07 bits per heavy atom. The zero-order valence-electron chi connectivity index (χ0n) is 17.2. The van der Waals surface area contributed by atoms with Crippen molar-refractivity contribution in [2.24, 2.45) is 5.92 Å². The van der Waals surface area contributed by atoms with Crippen molar-refractivity contribution < 1.29 is 0 Å². The van der Waals surface area contributed by atoms with E-state index in [0.29, 0.717) is 11.8 Å². The van der Waals surface area contributed by atoms with Crippen LogP contribution >= 0.6 is 0 Å². The average Bonchev–Trinajstić information content (AvgIpc) is 3.04. The molecule has 0 amide bonds. The van der Waals surface area contributed by atoms with Crippen molar-refractivity contribution in [3.05, 3.63) is 78.5 Å². The van der Waals surface area contributed by atoms with Gasteiger partial charge in [-0.25, -0.2) is 9.97 Å². The summed E-state index contributed by atoms with van der Waals surface area (Å²) in [6.45, 7) is 8.47. The van der Waals surface area contributed by atoms with Gasteiger partial charge in [0.05, 0.1) is 6.20 Å². The van der Waals surface area contributed by atoms with Crippen molar-refractivity contribution in [2.45, 2.75) is 32.4 Å². The van der Waals surface area contributed by atoms with Crippen LogP contribution in [0.4, 0.5) is 17.2 Å². The van der Waals surface area contributed by atoms with Gasteiger partial charge in [0, 0.05) is 24.2 Å². The summed E-state index contributed by atoms with van der Waals surface area (Å²) in [5, 5.41) is 0. The second-order valence-electron chi connectivity index (χ2n) is 8.16. The fourth-order valence-corrected chi connectivity index (χ4v) is 5.08. The van der Waals surface area contributed by atoms with Crippen molar-refractivity contribution >= 4 is 17.2 Å². The van der Waals surface area contributed by atoms with Gasteiger partial charge < -0.3 is 9.80 Å². The molecule has 5 rings (SSSR count). The number of hydrogen-bond acceptors (Lipinski definition) is 4. The molecule has 3 heterocycles. The van der Waals surface area contributed by atoms with Gasteiger partial charge in [-0.15, -0.1) is 6.58 Å². The monoisotopic (exact) mass is 382 g/mol. The van der Waals surface area contributed by atoms with Gasteiger partial charge in [-0.1, -0.05) is 55.5 Å². The summed E-state index contributed by atoms with van der Waals surface area (Å²) in [5.41, 5.74) is 6.02. The maximum atomic E-state index is 5.02. The smallest absolute Gasteiger partial charge is 0.161 e. The third-order valence-corrected chi connectivity index (χ3v) is 6.51. The number of nitrogens with zero attached hydrogens (tertiary/aromatic N) is 4. The molecule has 0 N–H and O–H groups in total. The summed E-state index contributed by atoms with van der Waals surface area (Å²) in [7, 11) is 2.16. The number of para-hydroxylation sites is 1. The van der Waals surface area contributed by atoms with Crippen molar-refractivity contribution in [1.29, 1.82) is 0 Å². The van der Waals surface area contributed by atoms with Gasteiger partial charge in [-0.2, -0.15) is 0 Å². The van der Waals surface area contributed by atoms with Crippen LogP contribution in [0.25, 0.3) is 11.4 Å². The summed E-state index contributed by atoms with van der Waals surface area (Å²) >= 11 is 0. The lowest BCUT2D eigenvalue weighted by Crippen LogP contribution is -2.48. The van der Waals surface area contributed by atoms with Crippen LogP contribution in [0.5, 0.6) is 0 Å². The fourth-order valence-electron chi connectivity index (χ4n) is 5.08. The molecule has 0 aliphatic carbocycles. The molecule has 2 aliphatic rings. The molecule has 3 unspecified atom stereocenters. The molecule has 0 bridgehead atoms. The van der Waals surface area contributed by atoms with Crippen molar-refractivity contribution in [1.82, 2.24) is 9.97 Å². The molecule has 4 heteroatoms. The van der Waals surface area contributed by atoms with Crippen LogP contribution in [0.3, 0.4) is 0 Å². The number of anilines is 3. The summed E-state index contributed by atoms with van der Waals surface area (Å²) in [4.78, 5) is 14.5. The van der Waals surface area contributed by atoms with Gasteiger partial charge in [0.1, 0.15) is 11.9 Å². The topological polar surface area (TPSA) is 32.3 Å². The second-order valence-corrected chi connectivity index (χ2v) is 8.16. The van der Waals surface area contributed by atoms with Gasteiger partial charge in [-0.05, 0) is 36.5 Å². The van der Waals surface area contributed by atoms with Crippen LogP contribution in [0.2, 0.25) is 0 Å². The molecule has 0 fully saturated rings. The molecule has 29 heavy (non-hydrogen) atoms. The number of hydrogen-bond donors (Lipinski definition) is 0. The summed E-state index contributed by atoms with van der Waals surface area (Å²) in [6, 6.07) is 17.0. The van der Waals surface area contributed by atoms with Crippen LogP contribution in [-0.4, -0.2) is 23.2 Å². The number of aryl methyl sites for hydroxylation is 1. The summed E-state index contributed by atoms with van der Waals surface area (Å²) in [5.74, 6) is 2.68. The Kier molecular flexibility index (Phi) is 4.16. The van der Waals surface area contributed by atoms with Gasteiger partial charge in [-0.3, -0.25) is 0 Å². The lowest BCUT2D eigenvalue weighted by molar-refractivity contribution is 0.363. The van der Waals surface area contributed by atoms with Crippen LogP contribution < -0.4 is 9.80 Å². The highest BCUT2D eigenvalue weighted by Gasteiger charge is 2.46. The third-order valence-electron chi connectivity index (χ3n) is 6.51. The predicted octanol–water partition coefficient (Wildman–Crippen LogP) is 5.68. The number of aromatic nitrogens is 2. The highest BCUT2D eigenvalue weighted by atomic mass is 15.4. The minimum atomic E-state index is 0.228. The molecule has 2 aliphatic heterocycles. The van der Waals surface area contributed by atoms with E-state index in [4.69, 9.17) is 9.97 Å². The Morgan fingerprint density at radius 2 is 1.83 bits per heavy atom. The van der Waals surface area contributed by atoms with Crippen molar-refractivity contribution in [3.63, 3.8) is 0 Å². The highest BCUT2D eigenvalue weighted by molar-refractivity contribution is 5.84. The van der Waals surface area contributed by atoms with E-state index in [-0.39, 0.29) is 6.17 Å². The Hall–Kier alpha value is -3.14. The quantitative estimate of drug-likeness (QED) is 0.546. The van der Waals surface area contributed by atoms with Gasteiger partial charge in [0.15, 0.2) is 11.6 Å². The maximum Gasteiger partial charge on any atom is 0.161 e. The van der Waals surface area contributed by atoms with E-state index in [9.17, 15) is 0 Å². The zero-order chi connectivity index (χ0) is 20.1. The minimum absolute atomic E-state index is 0.228. The molecule has 3 aromatic rings. The van der Waals surface area contributed by atoms with E-state index in [0.717, 1.165) is 29.3 Å². The molecule has 0 spiro atoms. The Morgan fingerprint density at radius 3 is 2.62 bits per heavy atom. The maximum absolute atomic E-state index is 5.02. The first-order chi connectivity index (χ1) is 14.1. The number of allylic oxidation sites excluding steroid dienone is 1. The minimum Gasteiger partial charge on any atom is -0.337 e. The lowest BCUT2D eigenvalue weighted by atomic mass is 9.78. The van der Waals surface area contributed by atoms with Crippen LogP contribution in [0.15, 0.2) is 67.4 Å². The van der Waals surface area contributed by atoms with Crippen LogP contribution in [-0.2, 0) is 0 Å². The van der Waals surface area contributed by atoms with Crippen molar-refractivity contribution in [3.8, 4) is 11.4 Å². The van der Waals surface area contributed by atoms with Gasteiger partial charge in [0.25, 0.3) is 0 Å². The number of fused-ring (bicyclic) bond motifs is 5. The van der Waals surface area contributed by atoms with Crippen LogP contribution in [0, 0.1) is 12.8 Å². The first-order valence-electron chi connectivity index (χ1n) is 10.3. The highest BCUT2D eigenvalue weighted by Crippen LogP contribution is 2.53. The summed E-state index contributed by atoms with van der Waals surface area (Å²) in [6.07, 6.45) is 5.25. The summed E-state index contributed by atoms with van der Waals surface area (Å²) < 4.78 is 0. The van der Waals surface area contributed by atoms with E-state index >= 15 is 0 Å². The molecular weight excluding hydrogens is 356 g/mol. The first-order valence-corrected chi connectivity index (χ1v) is 10.3. The molecular formula is C25H26N4. The van der Waals surface area contributed by atoms with E-state index in [1.165, 1.54) is 16.8 Å². The standard InChI is InChI=1S/C25H26N4/c1-5-10-19-17(3)25-28(4)24-22(29(25)21-14-9-8-13-20(19)21)15-26-23(27-24)18-12-7-6-11-16(18)2/h5-9,11-15,17,19,25H,1,10H2,2-4H3. The molecule has 0 saturated carbocycles. The average molecular weight is 383 g/mol. The number of benzene rings is 2. The van der Waals surface area contributed by atoms with E-state index < -0.39 is 0 Å². The molecule has 0 saturated heterocycles. The van der Waals surface area contributed by atoms with E-state index in [2.05, 4.69) is 79.7 Å². The molecule has 2 aromatic carbocycles. The van der Waals surface area contributed by atoms with E-state index in [1.54, 1.807) is 0 Å². The second kappa shape index (κ2) is 6.73. The van der Waals surface area contributed by atoms with Crippen molar-refractivity contribution in [2.75, 3.05) is 16.8 Å². The first kappa shape index (κ1) is 17.9. The predicted molar refractivity (Wildman–Crippen MR) is 120 cm³/mol. The third kappa shape index (κ3) is 2.59. The molecule has 0 radical (unpaired) electrons. The molecule has 146 valence electrons. The van der Waals surface area contributed by atoms with Gasteiger partial charge in [0.2, 0.25) is 0 Å². The molecule has 1 aromatic heterocycles. The zero-order valence-corrected chi connectivity index (χ0v) is 17.2. The van der Waals surface area contributed by atoms with E-state index in [1.807, 2.05) is 18.3 Å². The normalized spacial score (nSPS) is 22.1. The van der Waals surface area contributed by atoms with Crippen LogP contribution in [0.1, 0.15) is 30.4 Å². The largest absolute Gasteiger partial charge is 0.337 e. The fraction of sp³-hybridized carbons (Fsp3) is 0.280.